The van der Waals surface area contributed by atoms with Crippen LogP contribution < -0.4 is 5.32 Å². The van der Waals surface area contributed by atoms with Gasteiger partial charge >= 0.3 is 6.18 Å². The van der Waals surface area contributed by atoms with Gasteiger partial charge in [0.2, 0.25) is 0 Å². The van der Waals surface area contributed by atoms with Gasteiger partial charge in [0, 0.05) is 19.4 Å². The lowest BCUT2D eigenvalue weighted by molar-refractivity contribution is -0.209. The zero-order chi connectivity index (χ0) is 15.6. The predicted octanol–water partition coefficient (Wildman–Crippen LogP) is 2.43. The van der Waals surface area contributed by atoms with Crippen LogP contribution in [0.5, 0.6) is 0 Å². The maximum Gasteiger partial charge on any atom is 0.433 e. The van der Waals surface area contributed by atoms with Crippen molar-refractivity contribution in [3.63, 3.8) is 0 Å². The summed E-state index contributed by atoms with van der Waals surface area (Å²) in [5.41, 5.74) is -0.915. The number of pyridine rings is 1. The highest BCUT2D eigenvalue weighted by molar-refractivity contribution is 5.36. The Labute approximate surface area is 125 Å². The molecule has 1 spiro atoms. The van der Waals surface area contributed by atoms with Gasteiger partial charge in [-0.2, -0.15) is 13.2 Å². The summed E-state index contributed by atoms with van der Waals surface area (Å²) < 4.78 is 54.7. The summed E-state index contributed by atoms with van der Waals surface area (Å²) in [6, 6.07) is 3.76. The molecule has 2 aliphatic heterocycles. The molecule has 0 amide bonds. The molecule has 8 heteroatoms. The van der Waals surface area contributed by atoms with Crippen LogP contribution in [0.25, 0.3) is 0 Å². The van der Waals surface area contributed by atoms with Crippen molar-refractivity contribution in [1.29, 1.82) is 0 Å². The molecule has 5 nitrogen and oxygen atoms in total. The number of hydrogen-bond acceptors (Lipinski definition) is 5. The number of nitrogens with one attached hydrogen (secondary N) is 1. The summed E-state index contributed by atoms with van der Waals surface area (Å²) in [5, 5.41) is 2.87. The van der Waals surface area contributed by atoms with Crippen LogP contribution in [-0.2, 0) is 20.4 Å². The molecule has 1 aromatic heterocycles. The first-order chi connectivity index (χ1) is 10.5. The second-order valence-electron chi connectivity index (χ2n) is 5.36. The van der Waals surface area contributed by atoms with E-state index in [4.69, 9.17) is 14.2 Å². The molecular weight excluding hydrogens is 301 g/mol. The Morgan fingerprint density at radius 3 is 2.77 bits per heavy atom. The minimum atomic E-state index is -4.45. The van der Waals surface area contributed by atoms with E-state index >= 15 is 0 Å². The number of rotatable bonds is 3. The van der Waals surface area contributed by atoms with E-state index in [-0.39, 0.29) is 11.9 Å². The molecule has 0 saturated carbocycles. The Balaban J connectivity index is 1.55. The highest BCUT2D eigenvalue weighted by atomic mass is 19.4. The highest BCUT2D eigenvalue weighted by Crippen LogP contribution is 2.33. The standard InChI is InChI=1S/C14H17F3N2O3/c15-14(16,17)11-2-1-3-12(19-11)18-8-10-9-21-13(22-10)4-6-20-7-5-13/h1-3,10H,4-9H2,(H,18,19)/t10-/m0/s1. The van der Waals surface area contributed by atoms with Gasteiger partial charge in [0.05, 0.1) is 19.8 Å². The molecule has 122 valence electrons. The van der Waals surface area contributed by atoms with E-state index in [0.717, 1.165) is 6.07 Å². The Kier molecular flexibility index (Phi) is 4.24. The molecule has 0 unspecified atom stereocenters. The third kappa shape index (κ3) is 3.50. The van der Waals surface area contributed by atoms with E-state index in [1.165, 1.54) is 12.1 Å². The zero-order valence-electron chi connectivity index (χ0n) is 11.9. The van der Waals surface area contributed by atoms with Gasteiger partial charge in [-0.3, -0.25) is 0 Å². The fourth-order valence-corrected chi connectivity index (χ4v) is 2.57. The van der Waals surface area contributed by atoms with Gasteiger partial charge < -0.3 is 19.5 Å². The van der Waals surface area contributed by atoms with Crippen LogP contribution in [-0.4, -0.2) is 43.2 Å². The average Bonchev–Trinajstić information content (AvgIpc) is 2.88. The van der Waals surface area contributed by atoms with Crippen molar-refractivity contribution >= 4 is 5.82 Å². The topological polar surface area (TPSA) is 52.6 Å². The van der Waals surface area contributed by atoms with E-state index in [1.54, 1.807) is 0 Å². The van der Waals surface area contributed by atoms with Gasteiger partial charge in [-0.25, -0.2) is 4.98 Å². The van der Waals surface area contributed by atoms with E-state index in [2.05, 4.69) is 10.3 Å². The Bertz CT molecular complexity index is 518. The number of nitrogens with zero attached hydrogens (tertiary/aromatic N) is 1. The fraction of sp³-hybridized carbons (Fsp3) is 0.643. The fourth-order valence-electron chi connectivity index (χ4n) is 2.57. The smallest absolute Gasteiger partial charge is 0.381 e. The van der Waals surface area contributed by atoms with Crippen LogP contribution in [0.2, 0.25) is 0 Å². The van der Waals surface area contributed by atoms with Gasteiger partial charge in [0.25, 0.3) is 0 Å². The maximum atomic E-state index is 12.6. The molecule has 2 saturated heterocycles. The Morgan fingerprint density at radius 1 is 1.27 bits per heavy atom. The lowest BCUT2D eigenvalue weighted by Crippen LogP contribution is -2.38. The van der Waals surface area contributed by atoms with Crippen LogP contribution in [0.3, 0.4) is 0 Å². The molecule has 0 aromatic carbocycles. The van der Waals surface area contributed by atoms with Crippen molar-refractivity contribution in [3.05, 3.63) is 23.9 Å². The van der Waals surface area contributed by atoms with E-state index in [9.17, 15) is 13.2 Å². The van der Waals surface area contributed by atoms with Crippen molar-refractivity contribution in [1.82, 2.24) is 4.98 Å². The molecular formula is C14H17F3N2O3. The largest absolute Gasteiger partial charge is 0.433 e. The molecule has 22 heavy (non-hydrogen) atoms. The molecule has 1 N–H and O–H groups in total. The third-order valence-corrected chi connectivity index (χ3v) is 3.72. The van der Waals surface area contributed by atoms with Gasteiger partial charge in [-0.1, -0.05) is 6.07 Å². The Morgan fingerprint density at radius 2 is 2.05 bits per heavy atom. The second-order valence-corrected chi connectivity index (χ2v) is 5.36. The third-order valence-electron chi connectivity index (χ3n) is 3.72. The van der Waals surface area contributed by atoms with E-state index in [1.807, 2.05) is 0 Å². The van der Waals surface area contributed by atoms with Gasteiger partial charge in [0.15, 0.2) is 5.79 Å². The minimum Gasteiger partial charge on any atom is -0.381 e. The first-order valence-corrected chi connectivity index (χ1v) is 7.15. The van der Waals surface area contributed by atoms with Gasteiger partial charge in [-0.05, 0) is 12.1 Å². The summed E-state index contributed by atoms with van der Waals surface area (Å²) >= 11 is 0. The molecule has 0 radical (unpaired) electrons. The predicted molar refractivity (Wildman–Crippen MR) is 71.3 cm³/mol. The number of alkyl halides is 3. The van der Waals surface area contributed by atoms with Crippen molar-refractivity contribution in [2.75, 3.05) is 31.7 Å². The molecule has 0 aliphatic carbocycles. The van der Waals surface area contributed by atoms with E-state index in [0.29, 0.717) is 39.2 Å². The molecule has 3 rings (SSSR count). The normalized spacial score (nSPS) is 24.6. The quantitative estimate of drug-likeness (QED) is 0.928. The summed E-state index contributed by atoms with van der Waals surface area (Å²) in [4.78, 5) is 3.56. The summed E-state index contributed by atoms with van der Waals surface area (Å²) in [6.07, 6.45) is -3.32. The van der Waals surface area contributed by atoms with Crippen LogP contribution >= 0.6 is 0 Å². The van der Waals surface area contributed by atoms with Crippen LogP contribution in [0.1, 0.15) is 18.5 Å². The molecule has 3 heterocycles. The number of ether oxygens (including phenoxy) is 3. The molecule has 2 aliphatic rings. The van der Waals surface area contributed by atoms with Crippen LogP contribution in [0.15, 0.2) is 18.2 Å². The van der Waals surface area contributed by atoms with Gasteiger partial charge in [-0.15, -0.1) is 0 Å². The minimum absolute atomic E-state index is 0.173. The lowest BCUT2D eigenvalue weighted by atomic mass is 10.1. The number of aromatic nitrogens is 1. The lowest BCUT2D eigenvalue weighted by Gasteiger charge is -2.31. The van der Waals surface area contributed by atoms with Crippen LogP contribution in [0, 0.1) is 0 Å². The summed E-state index contributed by atoms with van der Waals surface area (Å²) in [6.45, 7) is 1.94. The first kappa shape index (κ1) is 15.5. The van der Waals surface area contributed by atoms with Crippen molar-refractivity contribution < 1.29 is 27.4 Å². The second kappa shape index (κ2) is 6.02. The maximum absolute atomic E-state index is 12.6. The first-order valence-electron chi connectivity index (χ1n) is 7.15. The number of anilines is 1. The van der Waals surface area contributed by atoms with E-state index < -0.39 is 17.7 Å². The van der Waals surface area contributed by atoms with Crippen molar-refractivity contribution in [3.8, 4) is 0 Å². The molecule has 1 atom stereocenters. The van der Waals surface area contributed by atoms with Crippen molar-refractivity contribution in [2.24, 2.45) is 0 Å². The van der Waals surface area contributed by atoms with Crippen molar-refractivity contribution in [2.45, 2.75) is 30.9 Å². The number of halogens is 3. The summed E-state index contributed by atoms with van der Waals surface area (Å²) in [5.74, 6) is -0.419. The number of hydrogen-bond donors (Lipinski definition) is 1. The molecule has 1 aromatic rings. The van der Waals surface area contributed by atoms with Gasteiger partial charge in [0.1, 0.15) is 17.6 Å². The SMILES string of the molecule is FC(F)(F)c1cccc(NC[C@H]2COC3(CCOCC3)O2)n1. The Hall–Kier alpha value is -1.38. The molecule has 0 bridgehead atoms. The monoisotopic (exact) mass is 318 g/mol. The highest BCUT2D eigenvalue weighted by Gasteiger charge is 2.42. The molecule has 2 fully saturated rings. The van der Waals surface area contributed by atoms with Crippen LogP contribution in [0.4, 0.5) is 19.0 Å². The average molecular weight is 318 g/mol. The summed E-state index contributed by atoms with van der Waals surface area (Å²) in [7, 11) is 0. The zero-order valence-corrected chi connectivity index (χ0v) is 11.9.